The largest absolute Gasteiger partial charge is 0.391 e. The van der Waals surface area contributed by atoms with Gasteiger partial charge in [0, 0.05) is 29.6 Å². The van der Waals surface area contributed by atoms with E-state index < -0.39 is 0 Å². The molecule has 4 heteroatoms. The molecule has 0 aliphatic carbocycles. The lowest BCUT2D eigenvalue weighted by molar-refractivity contribution is 0.199. The zero-order chi connectivity index (χ0) is 9.52. The van der Waals surface area contributed by atoms with Crippen molar-refractivity contribution >= 4 is 11.8 Å². The molecule has 0 aliphatic rings. The number of hydrogen-bond acceptors (Lipinski definition) is 4. The molecule has 0 spiro atoms. The highest BCUT2D eigenvalue weighted by Crippen LogP contribution is 2.16. The third kappa shape index (κ3) is 4.26. The van der Waals surface area contributed by atoms with Crippen molar-refractivity contribution in [2.45, 2.75) is 11.0 Å². The van der Waals surface area contributed by atoms with Crippen LogP contribution in [0.1, 0.15) is 0 Å². The van der Waals surface area contributed by atoms with E-state index in [1.807, 2.05) is 19.2 Å². The lowest BCUT2D eigenvalue weighted by Crippen LogP contribution is -2.25. The second-order valence-corrected chi connectivity index (χ2v) is 3.80. The van der Waals surface area contributed by atoms with Gasteiger partial charge in [0.2, 0.25) is 0 Å². The van der Waals surface area contributed by atoms with Gasteiger partial charge in [0.1, 0.15) is 0 Å². The Hall–Kier alpha value is -0.580. The number of aliphatic hydroxyl groups is 1. The van der Waals surface area contributed by atoms with Crippen molar-refractivity contribution in [3.05, 3.63) is 24.5 Å². The minimum atomic E-state index is -0.289. The molecule has 13 heavy (non-hydrogen) atoms. The van der Waals surface area contributed by atoms with Crippen LogP contribution in [-0.4, -0.2) is 35.5 Å². The second-order valence-electron chi connectivity index (χ2n) is 2.71. The molecule has 0 fully saturated rings. The van der Waals surface area contributed by atoms with Crippen LogP contribution >= 0.6 is 11.8 Å². The Labute approximate surface area is 82.6 Å². The average molecular weight is 198 g/mol. The molecule has 0 bridgehead atoms. The second kappa shape index (κ2) is 5.96. The topological polar surface area (TPSA) is 45.1 Å². The molecule has 0 amide bonds. The minimum absolute atomic E-state index is 0.289. The fourth-order valence-electron chi connectivity index (χ4n) is 0.921. The summed E-state index contributed by atoms with van der Waals surface area (Å²) >= 11 is 1.64. The van der Waals surface area contributed by atoms with Gasteiger partial charge in [0.05, 0.1) is 6.10 Å². The molecule has 0 aromatic carbocycles. The lowest BCUT2D eigenvalue weighted by atomic mass is 10.4. The van der Waals surface area contributed by atoms with E-state index in [0.29, 0.717) is 12.3 Å². The molecule has 1 aromatic heterocycles. The first-order valence-corrected chi connectivity index (χ1v) is 5.17. The van der Waals surface area contributed by atoms with Crippen molar-refractivity contribution in [2.75, 3.05) is 19.3 Å². The molecule has 1 aromatic rings. The summed E-state index contributed by atoms with van der Waals surface area (Å²) < 4.78 is 0. The van der Waals surface area contributed by atoms with E-state index in [1.165, 1.54) is 0 Å². The number of nitrogens with zero attached hydrogens (tertiary/aromatic N) is 1. The van der Waals surface area contributed by atoms with Gasteiger partial charge >= 0.3 is 0 Å². The maximum atomic E-state index is 9.41. The van der Waals surface area contributed by atoms with Crippen LogP contribution in [0.5, 0.6) is 0 Å². The number of thioether (sulfide) groups is 1. The number of nitrogens with one attached hydrogen (secondary N) is 1. The summed E-state index contributed by atoms with van der Waals surface area (Å²) in [7, 11) is 1.83. The Morgan fingerprint density at radius 2 is 2.23 bits per heavy atom. The fourth-order valence-corrected chi connectivity index (χ4v) is 1.74. The van der Waals surface area contributed by atoms with Gasteiger partial charge in [0.15, 0.2) is 0 Å². The van der Waals surface area contributed by atoms with Crippen molar-refractivity contribution in [1.82, 2.24) is 10.3 Å². The van der Waals surface area contributed by atoms with Crippen LogP contribution in [0.4, 0.5) is 0 Å². The quantitative estimate of drug-likeness (QED) is 0.685. The molecule has 0 radical (unpaired) electrons. The normalized spacial score (nSPS) is 12.8. The Kier molecular flexibility index (Phi) is 4.82. The lowest BCUT2D eigenvalue weighted by Gasteiger charge is -2.08. The predicted octanol–water partition coefficient (Wildman–Crippen LogP) is 0.754. The minimum Gasteiger partial charge on any atom is -0.391 e. The molecule has 2 N–H and O–H groups in total. The van der Waals surface area contributed by atoms with Gasteiger partial charge in [-0.15, -0.1) is 11.8 Å². The standard InChI is InChI=1S/C9H14N2OS/c1-10-6-8(12)7-13-9-2-4-11-5-3-9/h2-5,8,10,12H,6-7H2,1H3. The van der Waals surface area contributed by atoms with Crippen molar-refractivity contribution in [2.24, 2.45) is 0 Å². The molecular formula is C9H14N2OS. The van der Waals surface area contributed by atoms with E-state index in [2.05, 4.69) is 10.3 Å². The number of rotatable bonds is 5. The Morgan fingerprint density at radius 1 is 1.54 bits per heavy atom. The summed E-state index contributed by atoms with van der Waals surface area (Å²) in [6, 6.07) is 3.88. The predicted molar refractivity (Wildman–Crippen MR) is 54.9 cm³/mol. The smallest absolute Gasteiger partial charge is 0.0758 e. The van der Waals surface area contributed by atoms with Gasteiger partial charge in [-0.25, -0.2) is 0 Å². The van der Waals surface area contributed by atoms with Gasteiger partial charge in [0.25, 0.3) is 0 Å². The molecule has 3 nitrogen and oxygen atoms in total. The molecule has 1 rings (SSSR count). The van der Waals surface area contributed by atoms with Crippen LogP contribution in [0.15, 0.2) is 29.4 Å². The SMILES string of the molecule is CNCC(O)CSc1ccncc1. The summed E-state index contributed by atoms with van der Waals surface area (Å²) in [5.74, 6) is 0.713. The van der Waals surface area contributed by atoms with Crippen molar-refractivity contribution in [1.29, 1.82) is 0 Å². The molecule has 1 atom stereocenters. The number of hydrogen-bond donors (Lipinski definition) is 2. The van der Waals surface area contributed by atoms with E-state index >= 15 is 0 Å². The highest BCUT2D eigenvalue weighted by molar-refractivity contribution is 7.99. The Morgan fingerprint density at radius 3 is 2.85 bits per heavy atom. The van der Waals surface area contributed by atoms with Gasteiger partial charge in [-0.1, -0.05) is 0 Å². The van der Waals surface area contributed by atoms with E-state index in [0.717, 1.165) is 4.90 Å². The van der Waals surface area contributed by atoms with Crippen LogP contribution in [0.2, 0.25) is 0 Å². The molecule has 0 saturated heterocycles. The summed E-state index contributed by atoms with van der Waals surface area (Å²) in [4.78, 5) is 5.06. The van der Waals surface area contributed by atoms with Crippen molar-refractivity contribution < 1.29 is 5.11 Å². The van der Waals surface area contributed by atoms with Crippen molar-refractivity contribution in [3.63, 3.8) is 0 Å². The summed E-state index contributed by atoms with van der Waals surface area (Å²) in [6.07, 6.45) is 3.22. The number of aromatic nitrogens is 1. The molecule has 0 aliphatic heterocycles. The zero-order valence-corrected chi connectivity index (χ0v) is 8.42. The first-order valence-electron chi connectivity index (χ1n) is 4.18. The van der Waals surface area contributed by atoms with E-state index in [9.17, 15) is 5.11 Å². The number of likely N-dealkylation sites (N-methyl/N-ethyl adjacent to an activating group) is 1. The van der Waals surface area contributed by atoms with Crippen LogP contribution in [0, 0.1) is 0 Å². The van der Waals surface area contributed by atoms with Gasteiger partial charge in [-0.3, -0.25) is 4.98 Å². The molecule has 0 saturated carbocycles. The average Bonchev–Trinajstić information content (AvgIpc) is 2.17. The van der Waals surface area contributed by atoms with E-state index in [-0.39, 0.29) is 6.10 Å². The van der Waals surface area contributed by atoms with E-state index in [1.54, 1.807) is 24.2 Å². The first kappa shape index (κ1) is 10.5. The number of aliphatic hydroxyl groups excluding tert-OH is 1. The summed E-state index contributed by atoms with van der Waals surface area (Å²) in [6.45, 7) is 0.637. The molecular weight excluding hydrogens is 184 g/mol. The van der Waals surface area contributed by atoms with Gasteiger partial charge < -0.3 is 10.4 Å². The monoisotopic (exact) mass is 198 g/mol. The number of pyridine rings is 1. The van der Waals surface area contributed by atoms with Crippen LogP contribution in [0.3, 0.4) is 0 Å². The zero-order valence-electron chi connectivity index (χ0n) is 7.60. The van der Waals surface area contributed by atoms with Crippen LogP contribution in [0.25, 0.3) is 0 Å². The first-order chi connectivity index (χ1) is 6.33. The molecule has 72 valence electrons. The van der Waals surface area contributed by atoms with Crippen molar-refractivity contribution in [3.8, 4) is 0 Å². The van der Waals surface area contributed by atoms with E-state index in [4.69, 9.17) is 0 Å². The van der Waals surface area contributed by atoms with Crippen LogP contribution < -0.4 is 5.32 Å². The maximum Gasteiger partial charge on any atom is 0.0758 e. The third-order valence-electron chi connectivity index (χ3n) is 1.53. The molecule has 1 heterocycles. The van der Waals surface area contributed by atoms with Crippen LogP contribution in [-0.2, 0) is 0 Å². The Balaban J connectivity index is 2.27. The summed E-state index contributed by atoms with van der Waals surface area (Å²) in [5.41, 5.74) is 0. The maximum absolute atomic E-state index is 9.41. The fraction of sp³-hybridized carbons (Fsp3) is 0.444. The highest BCUT2D eigenvalue weighted by atomic mass is 32.2. The Bertz CT molecular complexity index is 230. The van der Waals surface area contributed by atoms with Gasteiger partial charge in [-0.2, -0.15) is 0 Å². The highest BCUT2D eigenvalue weighted by Gasteiger charge is 2.02. The van der Waals surface area contributed by atoms with Gasteiger partial charge in [-0.05, 0) is 19.2 Å². The third-order valence-corrected chi connectivity index (χ3v) is 2.69. The molecule has 1 unspecified atom stereocenters. The summed E-state index contributed by atoms with van der Waals surface area (Å²) in [5, 5.41) is 12.3.